The lowest BCUT2D eigenvalue weighted by molar-refractivity contribution is 0.102. The first-order chi connectivity index (χ1) is 8.63. The predicted octanol–water partition coefficient (Wildman–Crippen LogP) is 3.09. The zero-order chi connectivity index (χ0) is 13.1. The van der Waals surface area contributed by atoms with Crippen LogP contribution in [0.3, 0.4) is 0 Å². The van der Waals surface area contributed by atoms with Crippen LogP contribution in [-0.4, -0.2) is 15.7 Å². The number of amides is 1. The van der Waals surface area contributed by atoms with Gasteiger partial charge in [-0.25, -0.2) is 4.68 Å². The Hall–Kier alpha value is -1.62. The minimum atomic E-state index is -0.0689. The largest absolute Gasteiger partial charge is 0.307 e. The van der Waals surface area contributed by atoms with Crippen molar-refractivity contribution in [3.63, 3.8) is 0 Å². The number of hydrogen-bond acceptors (Lipinski definition) is 3. The van der Waals surface area contributed by atoms with Crippen LogP contribution >= 0.6 is 11.3 Å². The molecule has 2 aromatic rings. The van der Waals surface area contributed by atoms with Crippen LogP contribution in [0.1, 0.15) is 34.8 Å². The Balaban J connectivity index is 2.15. The number of carbonyl (C=O) groups is 1. The molecule has 0 aromatic carbocycles. The third-order valence-corrected chi connectivity index (χ3v) is 3.79. The number of anilines is 1. The maximum Gasteiger partial charge on any atom is 0.257 e. The normalized spacial score (nSPS) is 10.6. The molecule has 2 rings (SSSR count). The van der Waals surface area contributed by atoms with Crippen LogP contribution in [0.15, 0.2) is 17.5 Å². The van der Waals surface area contributed by atoms with Crippen LogP contribution < -0.4 is 5.32 Å². The molecular formula is C13H17N3OS. The van der Waals surface area contributed by atoms with Crippen molar-refractivity contribution >= 4 is 23.1 Å². The molecule has 18 heavy (non-hydrogen) atoms. The number of nitrogens with one attached hydrogen (secondary N) is 1. The first kappa shape index (κ1) is 12.8. The summed E-state index contributed by atoms with van der Waals surface area (Å²) in [5, 5.41) is 9.10. The zero-order valence-corrected chi connectivity index (χ0v) is 11.7. The molecule has 0 saturated heterocycles. The Labute approximate surface area is 111 Å². The topological polar surface area (TPSA) is 46.9 Å². The van der Waals surface area contributed by atoms with E-state index in [0.717, 1.165) is 30.0 Å². The van der Waals surface area contributed by atoms with E-state index >= 15 is 0 Å². The lowest BCUT2D eigenvalue weighted by atomic mass is 10.2. The van der Waals surface area contributed by atoms with Gasteiger partial charge in [-0.15, -0.1) is 11.3 Å². The monoisotopic (exact) mass is 263 g/mol. The highest BCUT2D eigenvalue weighted by Gasteiger charge is 2.11. The fraction of sp³-hybridized carbons (Fsp3) is 0.385. The molecular weight excluding hydrogens is 246 g/mol. The van der Waals surface area contributed by atoms with Crippen molar-refractivity contribution in [2.75, 3.05) is 5.32 Å². The third-order valence-electron chi connectivity index (χ3n) is 2.71. The van der Waals surface area contributed by atoms with Crippen molar-refractivity contribution in [3.8, 4) is 0 Å². The summed E-state index contributed by atoms with van der Waals surface area (Å²) in [4.78, 5) is 13.3. The highest BCUT2D eigenvalue weighted by Crippen LogP contribution is 2.17. The molecule has 0 atom stereocenters. The van der Waals surface area contributed by atoms with E-state index in [1.807, 2.05) is 31.4 Å². The van der Waals surface area contributed by atoms with Gasteiger partial charge >= 0.3 is 0 Å². The van der Waals surface area contributed by atoms with Gasteiger partial charge in [-0.05, 0) is 26.3 Å². The number of aryl methyl sites for hydroxylation is 3. The Bertz CT molecular complexity index is 556. The summed E-state index contributed by atoms with van der Waals surface area (Å²) in [6, 6.07) is 3.83. The standard InChI is InChI=1S/C13H17N3OS/c1-4-11-7-10(8-18-11)13(17)14-12-6-9(3)15-16(12)5-2/h6-8H,4-5H2,1-3H3,(H,14,17). The second kappa shape index (κ2) is 5.35. The summed E-state index contributed by atoms with van der Waals surface area (Å²) in [7, 11) is 0. The number of rotatable bonds is 4. The van der Waals surface area contributed by atoms with Crippen molar-refractivity contribution in [2.45, 2.75) is 33.7 Å². The summed E-state index contributed by atoms with van der Waals surface area (Å²) in [6.07, 6.45) is 0.962. The lowest BCUT2D eigenvalue weighted by Gasteiger charge is -2.05. The molecule has 4 nitrogen and oxygen atoms in total. The summed E-state index contributed by atoms with van der Waals surface area (Å²) < 4.78 is 1.79. The Morgan fingerprint density at radius 1 is 1.44 bits per heavy atom. The smallest absolute Gasteiger partial charge is 0.257 e. The van der Waals surface area contributed by atoms with Gasteiger partial charge in [0.15, 0.2) is 0 Å². The van der Waals surface area contributed by atoms with E-state index < -0.39 is 0 Å². The van der Waals surface area contributed by atoms with Gasteiger partial charge in [0.1, 0.15) is 5.82 Å². The molecule has 0 unspecified atom stereocenters. The Kier molecular flexibility index (Phi) is 3.81. The average molecular weight is 263 g/mol. The predicted molar refractivity (Wildman–Crippen MR) is 74.3 cm³/mol. The fourth-order valence-electron chi connectivity index (χ4n) is 1.76. The average Bonchev–Trinajstić information content (AvgIpc) is 2.95. The number of aromatic nitrogens is 2. The van der Waals surface area contributed by atoms with Crippen LogP contribution in [0.5, 0.6) is 0 Å². The molecule has 5 heteroatoms. The second-order valence-corrected chi connectivity index (χ2v) is 5.09. The van der Waals surface area contributed by atoms with Gasteiger partial charge in [0.05, 0.1) is 11.3 Å². The fourth-order valence-corrected chi connectivity index (χ4v) is 2.58. The van der Waals surface area contributed by atoms with Gasteiger partial charge < -0.3 is 5.32 Å². The zero-order valence-electron chi connectivity index (χ0n) is 10.9. The maximum atomic E-state index is 12.1. The highest BCUT2D eigenvalue weighted by molar-refractivity contribution is 7.10. The number of nitrogens with zero attached hydrogens (tertiary/aromatic N) is 2. The van der Waals surface area contributed by atoms with E-state index in [4.69, 9.17) is 0 Å². The molecule has 0 saturated carbocycles. The molecule has 0 fully saturated rings. The first-order valence-corrected chi connectivity index (χ1v) is 6.95. The van der Waals surface area contributed by atoms with Crippen molar-refractivity contribution in [2.24, 2.45) is 0 Å². The van der Waals surface area contributed by atoms with Gasteiger partial charge in [-0.3, -0.25) is 4.79 Å². The van der Waals surface area contributed by atoms with Crippen LogP contribution in [0, 0.1) is 6.92 Å². The van der Waals surface area contributed by atoms with Crippen molar-refractivity contribution < 1.29 is 4.79 Å². The van der Waals surface area contributed by atoms with Gasteiger partial charge in [0.25, 0.3) is 5.91 Å². The van der Waals surface area contributed by atoms with E-state index in [1.54, 1.807) is 16.0 Å². The number of carbonyl (C=O) groups excluding carboxylic acids is 1. The minimum Gasteiger partial charge on any atom is -0.307 e. The first-order valence-electron chi connectivity index (χ1n) is 6.07. The molecule has 0 radical (unpaired) electrons. The van der Waals surface area contributed by atoms with Crippen molar-refractivity contribution in [3.05, 3.63) is 33.6 Å². The van der Waals surface area contributed by atoms with Gasteiger partial charge in [0.2, 0.25) is 0 Å². The van der Waals surface area contributed by atoms with E-state index in [-0.39, 0.29) is 5.91 Å². The van der Waals surface area contributed by atoms with E-state index in [1.165, 1.54) is 4.88 Å². The molecule has 0 aliphatic rings. The Morgan fingerprint density at radius 2 is 2.22 bits per heavy atom. The molecule has 0 bridgehead atoms. The summed E-state index contributed by atoms with van der Waals surface area (Å²) >= 11 is 1.62. The maximum absolute atomic E-state index is 12.1. The number of hydrogen-bond donors (Lipinski definition) is 1. The molecule has 0 aliphatic heterocycles. The highest BCUT2D eigenvalue weighted by atomic mass is 32.1. The van der Waals surface area contributed by atoms with Gasteiger partial charge in [-0.1, -0.05) is 6.92 Å². The Morgan fingerprint density at radius 3 is 2.83 bits per heavy atom. The molecule has 0 aliphatic carbocycles. The summed E-state index contributed by atoms with van der Waals surface area (Å²) in [5.74, 6) is 0.685. The van der Waals surface area contributed by atoms with Crippen molar-refractivity contribution in [1.82, 2.24) is 9.78 Å². The molecule has 1 amide bonds. The molecule has 96 valence electrons. The van der Waals surface area contributed by atoms with Crippen LogP contribution in [0.4, 0.5) is 5.82 Å². The van der Waals surface area contributed by atoms with Crippen LogP contribution in [-0.2, 0) is 13.0 Å². The lowest BCUT2D eigenvalue weighted by Crippen LogP contribution is -2.14. The molecule has 2 heterocycles. The number of thiophene rings is 1. The molecule has 1 N–H and O–H groups in total. The van der Waals surface area contributed by atoms with Gasteiger partial charge in [0, 0.05) is 22.9 Å². The minimum absolute atomic E-state index is 0.0689. The van der Waals surface area contributed by atoms with E-state index in [0.29, 0.717) is 0 Å². The summed E-state index contributed by atoms with van der Waals surface area (Å²) in [6.45, 7) is 6.75. The van der Waals surface area contributed by atoms with Crippen molar-refractivity contribution in [1.29, 1.82) is 0 Å². The molecule has 2 aromatic heterocycles. The van der Waals surface area contributed by atoms with E-state index in [9.17, 15) is 4.79 Å². The van der Waals surface area contributed by atoms with Gasteiger partial charge in [-0.2, -0.15) is 5.10 Å². The molecule has 0 spiro atoms. The van der Waals surface area contributed by atoms with Crippen LogP contribution in [0.2, 0.25) is 0 Å². The second-order valence-electron chi connectivity index (χ2n) is 4.10. The van der Waals surface area contributed by atoms with Crippen LogP contribution in [0.25, 0.3) is 0 Å². The third kappa shape index (κ3) is 2.61. The summed E-state index contributed by atoms with van der Waals surface area (Å²) in [5.41, 5.74) is 1.63. The SMILES string of the molecule is CCc1cc(C(=O)Nc2cc(C)nn2CC)cs1. The quantitative estimate of drug-likeness (QED) is 0.921. The van der Waals surface area contributed by atoms with E-state index in [2.05, 4.69) is 17.3 Å².